The van der Waals surface area contributed by atoms with E-state index in [1.807, 2.05) is 18.9 Å². The molecule has 0 spiro atoms. The first-order chi connectivity index (χ1) is 9.92. The number of rotatable bonds is 7. The summed E-state index contributed by atoms with van der Waals surface area (Å²) in [5.74, 6) is -0.146. The van der Waals surface area contributed by atoms with Gasteiger partial charge in [0.25, 0.3) is 0 Å². The van der Waals surface area contributed by atoms with Crippen LogP contribution in [-0.4, -0.2) is 43.9 Å². The van der Waals surface area contributed by atoms with E-state index >= 15 is 0 Å². The average Bonchev–Trinajstić information content (AvgIpc) is 2.46. The minimum atomic E-state index is -0.0971. The molecule has 0 radical (unpaired) electrons. The van der Waals surface area contributed by atoms with Gasteiger partial charge in [-0.1, -0.05) is 6.92 Å². The van der Waals surface area contributed by atoms with Crippen LogP contribution in [0.1, 0.15) is 13.3 Å². The van der Waals surface area contributed by atoms with Gasteiger partial charge in [-0.05, 0) is 31.3 Å². The molecule has 0 aliphatic heterocycles. The topological polar surface area (TPSA) is 87.5 Å². The van der Waals surface area contributed by atoms with Gasteiger partial charge in [0.2, 0.25) is 11.8 Å². The molecule has 116 valence electrons. The third kappa shape index (κ3) is 6.27. The first-order valence-corrected chi connectivity index (χ1v) is 6.98. The fourth-order valence-electron chi connectivity index (χ4n) is 1.97. The molecule has 2 amide bonds. The first kappa shape index (κ1) is 17.0. The Hall–Kier alpha value is -2.08. The van der Waals surface area contributed by atoms with E-state index in [-0.39, 0.29) is 17.7 Å². The normalized spacial score (nSPS) is 12.0. The van der Waals surface area contributed by atoms with Gasteiger partial charge in [0, 0.05) is 43.9 Å². The lowest BCUT2D eigenvalue weighted by molar-refractivity contribution is -0.124. The smallest absolute Gasteiger partial charge is 0.225 e. The molecule has 0 saturated heterocycles. The molecule has 1 aromatic carbocycles. The lowest BCUT2D eigenvalue weighted by atomic mass is 10.1. The highest BCUT2D eigenvalue weighted by Crippen LogP contribution is 2.10. The summed E-state index contributed by atoms with van der Waals surface area (Å²) in [4.78, 5) is 25.2. The van der Waals surface area contributed by atoms with Crippen molar-refractivity contribution < 1.29 is 9.59 Å². The number of nitrogen functional groups attached to an aromatic ring is 1. The molecular weight excluding hydrogens is 268 g/mol. The third-order valence-corrected chi connectivity index (χ3v) is 3.19. The van der Waals surface area contributed by atoms with Gasteiger partial charge in [-0.2, -0.15) is 0 Å². The molecule has 4 N–H and O–H groups in total. The number of hydrogen-bond donors (Lipinski definition) is 3. The molecule has 1 unspecified atom stereocenters. The Bertz CT molecular complexity index is 473. The van der Waals surface area contributed by atoms with Gasteiger partial charge in [-0.25, -0.2) is 0 Å². The molecule has 0 aromatic heterocycles. The summed E-state index contributed by atoms with van der Waals surface area (Å²) in [7, 11) is 3.52. The number of carbonyl (C=O) groups is 2. The van der Waals surface area contributed by atoms with Gasteiger partial charge in [-0.15, -0.1) is 0 Å². The number of nitrogens with zero attached hydrogens (tertiary/aromatic N) is 1. The summed E-state index contributed by atoms with van der Waals surface area (Å²) in [5, 5.41) is 5.43. The Labute approximate surface area is 125 Å². The molecule has 1 atom stereocenters. The molecule has 0 bridgehead atoms. The van der Waals surface area contributed by atoms with Crippen LogP contribution < -0.4 is 16.4 Å². The van der Waals surface area contributed by atoms with Crippen molar-refractivity contribution in [2.45, 2.75) is 13.3 Å². The molecule has 0 saturated carbocycles. The first-order valence-electron chi connectivity index (χ1n) is 6.98. The van der Waals surface area contributed by atoms with Crippen molar-refractivity contribution in [1.29, 1.82) is 0 Å². The molecule has 1 rings (SSSR count). The lowest BCUT2D eigenvalue weighted by Crippen LogP contribution is -2.35. The van der Waals surface area contributed by atoms with Gasteiger partial charge in [0.15, 0.2) is 0 Å². The van der Waals surface area contributed by atoms with Crippen molar-refractivity contribution in [2.75, 3.05) is 38.2 Å². The summed E-state index contributed by atoms with van der Waals surface area (Å²) < 4.78 is 0. The lowest BCUT2D eigenvalue weighted by Gasteiger charge is -2.20. The molecule has 0 heterocycles. The maximum absolute atomic E-state index is 11.8. The predicted molar refractivity (Wildman–Crippen MR) is 84.8 cm³/mol. The summed E-state index contributed by atoms with van der Waals surface area (Å²) in [6.07, 6.45) is 0.376. The number of nitrogens with one attached hydrogen (secondary N) is 2. The highest BCUT2D eigenvalue weighted by molar-refractivity contribution is 5.90. The van der Waals surface area contributed by atoms with Crippen LogP contribution in [0.5, 0.6) is 0 Å². The van der Waals surface area contributed by atoms with Crippen LogP contribution in [0.3, 0.4) is 0 Å². The molecule has 6 nitrogen and oxygen atoms in total. The number of benzene rings is 1. The minimum absolute atomic E-state index is 0.00757. The van der Waals surface area contributed by atoms with E-state index in [1.54, 1.807) is 31.3 Å². The second-order valence-corrected chi connectivity index (χ2v) is 5.20. The van der Waals surface area contributed by atoms with Crippen LogP contribution in [0.2, 0.25) is 0 Å². The van der Waals surface area contributed by atoms with Crippen LogP contribution >= 0.6 is 0 Å². The van der Waals surface area contributed by atoms with E-state index in [0.717, 1.165) is 5.69 Å². The van der Waals surface area contributed by atoms with Gasteiger partial charge in [0.05, 0.1) is 0 Å². The zero-order valence-electron chi connectivity index (χ0n) is 12.8. The van der Waals surface area contributed by atoms with Crippen molar-refractivity contribution in [3.63, 3.8) is 0 Å². The van der Waals surface area contributed by atoms with Crippen LogP contribution in [0, 0.1) is 5.92 Å². The van der Waals surface area contributed by atoms with Crippen molar-refractivity contribution in [2.24, 2.45) is 5.92 Å². The van der Waals surface area contributed by atoms with Gasteiger partial charge < -0.3 is 21.3 Å². The second-order valence-electron chi connectivity index (χ2n) is 5.20. The highest BCUT2D eigenvalue weighted by atomic mass is 16.2. The summed E-state index contributed by atoms with van der Waals surface area (Å²) in [6, 6.07) is 7.02. The van der Waals surface area contributed by atoms with E-state index < -0.39 is 0 Å². The van der Waals surface area contributed by atoms with Gasteiger partial charge >= 0.3 is 0 Å². The maximum Gasteiger partial charge on any atom is 0.225 e. The van der Waals surface area contributed by atoms with Crippen molar-refractivity contribution in [1.82, 2.24) is 10.2 Å². The SMILES string of the molecule is CNC(=O)C(C)CN(C)CCC(=O)Nc1ccc(N)cc1. The Balaban J connectivity index is 2.32. The monoisotopic (exact) mass is 292 g/mol. The molecule has 6 heteroatoms. The zero-order valence-corrected chi connectivity index (χ0v) is 12.8. The molecule has 0 aliphatic rings. The predicted octanol–water partition coefficient (Wildman–Crippen LogP) is 0.911. The summed E-state index contributed by atoms with van der Waals surface area (Å²) in [5.41, 5.74) is 6.98. The fraction of sp³-hybridized carbons (Fsp3) is 0.467. The molecular formula is C15H24N4O2. The van der Waals surface area contributed by atoms with Crippen molar-refractivity contribution in [3.8, 4) is 0 Å². The Kier molecular flexibility index (Phi) is 6.68. The average molecular weight is 292 g/mol. The number of nitrogens with two attached hydrogens (primary N) is 1. The number of anilines is 2. The maximum atomic E-state index is 11.8. The number of amides is 2. The quantitative estimate of drug-likeness (QED) is 0.652. The Morgan fingerprint density at radius 3 is 2.48 bits per heavy atom. The van der Waals surface area contributed by atoms with E-state index in [9.17, 15) is 9.59 Å². The highest BCUT2D eigenvalue weighted by Gasteiger charge is 2.14. The largest absolute Gasteiger partial charge is 0.399 e. The fourth-order valence-corrected chi connectivity index (χ4v) is 1.97. The van der Waals surface area contributed by atoms with E-state index in [1.165, 1.54) is 0 Å². The number of hydrogen-bond acceptors (Lipinski definition) is 4. The Morgan fingerprint density at radius 1 is 1.29 bits per heavy atom. The van der Waals surface area contributed by atoms with Crippen LogP contribution in [0.15, 0.2) is 24.3 Å². The third-order valence-electron chi connectivity index (χ3n) is 3.19. The minimum Gasteiger partial charge on any atom is -0.399 e. The second kappa shape index (κ2) is 8.26. The van der Waals surface area contributed by atoms with Crippen LogP contribution in [0.4, 0.5) is 11.4 Å². The summed E-state index contributed by atoms with van der Waals surface area (Å²) in [6.45, 7) is 3.08. The van der Waals surface area contributed by atoms with E-state index in [4.69, 9.17) is 5.73 Å². The van der Waals surface area contributed by atoms with E-state index in [0.29, 0.717) is 25.2 Å². The van der Waals surface area contributed by atoms with Crippen LogP contribution in [-0.2, 0) is 9.59 Å². The molecule has 0 fully saturated rings. The van der Waals surface area contributed by atoms with Gasteiger partial charge in [-0.3, -0.25) is 9.59 Å². The standard InChI is InChI=1S/C15H24N4O2/c1-11(15(21)17-2)10-19(3)9-8-14(20)18-13-6-4-12(16)5-7-13/h4-7,11H,8-10,16H2,1-3H3,(H,17,21)(H,18,20). The zero-order chi connectivity index (χ0) is 15.8. The van der Waals surface area contributed by atoms with Crippen molar-refractivity contribution in [3.05, 3.63) is 24.3 Å². The molecule has 21 heavy (non-hydrogen) atoms. The van der Waals surface area contributed by atoms with Gasteiger partial charge in [0.1, 0.15) is 0 Å². The molecule has 0 aliphatic carbocycles. The van der Waals surface area contributed by atoms with Crippen molar-refractivity contribution >= 4 is 23.2 Å². The van der Waals surface area contributed by atoms with Crippen LogP contribution in [0.25, 0.3) is 0 Å². The number of carbonyl (C=O) groups excluding carboxylic acids is 2. The summed E-state index contributed by atoms with van der Waals surface area (Å²) >= 11 is 0. The van der Waals surface area contributed by atoms with E-state index in [2.05, 4.69) is 10.6 Å². The molecule has 1 aromatic rings. The Morgan fingerprint density at radius 2 is 1.90 bits per heavy atom.